The minimum Gasteiger partial charge on any atom is -0.381 e. The summed E-state index contributed by atoms with van der Waals surface area (Å²) in [6.45, 7) is 6.54. The molecule has 8 nitrogen and oxygen atoms in total. The molecule has 1 aromatic carbocycles. The fourth-order valence-corrected chi connectivity index (χ4v) is 4.69. The van der Waals surface area contributed by atoms with Crippen LogP contribution in [0.4, 0.5) is 11.6 Å². The van der Waals surface area contributed by atoms with Crippen LogP contribution in [0.25, 0.3) is 5.69 Å². The fourth-order valence-electron chi connectivity index (χ4n) is 4.69. The first-order valence-electron chi connectivity index (χ1n) is 11.7. The van der Waals surface area contributed by atoms with Crippen molar-refractivity contribution in [2.45, 2.75) is 46.1 Å². The van der Waals surface area contributed by atoms with Crippen molar-refractivity contribution in [1.82, 2.24) is 24.4 Å². The summed E-state index contributed by atoms with van der Waals surface area (Å²) in [4.78, 5) is 28.0. The molecule has 3 aromatic rings. The number of carbonyl (C=O) groups excluding carboxylic acids is 1. The van der Waals surface area contributed by atoms with Gasteiger partial charge >= 0.3 is 0 Å². The highest BCUT2D eigenvalue weighted by atomic mass is 16.5. The molecule has 0 aliphatic carbocycles. The molecule has 4 heterocycles. The number of anilines is 2. The Labute approximate surface area is 194 Å². The Morgan fingerprint density at radius 1 is 1.18 bits per heavy atom. The second kappa shape index (κ2) is 9.31. The van der Waals surface area contributed by atoms with Gasteiger partial charge in [0, 0.05) is 69.0 Å². The van der Waals surface area contributed by atoms with Gasteiger partial charge in [0.2, 0.25) is 11.9 Å². The Kier molecular flexibility index (Phi) is 6.09. The second-order valence-corrected chi connectivity index (χ2v) is 8.89. The molecule has 0 bridgehead atoms. The average Bonchev–Trinajstić information content (AvgIpc) is 3.26. The van der Waals surface area contributed by atoms with Crippen LogP contribution < -0.4 is 5.32 Å². The van der Waals surface area contributed by atoms with E-state index in [4.69, 9.17) is 14.7 Å². The molecule has 33 heavy (non-hydrogen) atoms. The number of aryl methyl sites for hydroxylation is 1. The maximum Gasteiger partial charge on any atom is 0.227 e. The van der Waals surface area contributed by atoms with E-state index in [1.54, 1.807) is 13.1 Å². The Balaban J connectivity index is 1.41. The van der Waals surface area contributed by atoms with Crippen molar-refractivity contribution in [3.05, 3.63) is 59.4 Å². The largest absolute Gasteiger partial charge is 0.381 e. The Morgan fingerprint density at radius 3 is 2.67 bits per heavy atom. The maximum absolute atomic E-state index is 12.0. The lowest BCUT2D eigenvalue weighted by atomic mass is 9.91. The SMILES string of the molecule is CC(=O)N1CCc2nc(Nc3ccc(-n4ccnc4C)cc3)nc(CC3CCOCC3)c2C1. The lowest BCUT2D eigenvalue weighted by Gasteiger charge is -2.30. The molecule has 2 aliphatic rings. The summed E-state index contributed by atoms with van der Waals surface area (Å²) in [5, 5.41) is 3.40. The van der Waals surface area contributed by atoms with Crippen LogP contribution in [-0.2, 0) is 28.9 Å². The van der Waals surface area contributed by atoms with Crippen molar-refractivity contribution in [1.29, 1.82) is 0 Å². The topological polar surface area (TPSA) is 85.2 Å². The third-order valence-corrected chi connectivity index (χ3v) is 6.64. The molecular formula is C25H30N6O2. The third-order valence-electron chi connectivity index (χ3n) is 6.64. The van der Waals surface area contributed by atoms with E-state index in [0.29, 0.717) is 25.0 Å². The number of hydrogen-bond acceptors (Lipinski definition) is 6. The highest BCUT2D eigenvalue weighted by Gasteiger charge is 2.26. The summed E-state index contributed by atoms with van der Waals surface area (Å²) < 4.78 is 7.59. The summed E-state index contributed by atoms with van der Waals surface area (Å²) >= 11 is 0. The van der Waals surface area contributed by atoms with Crippen molar-refractivity contribution >= 4 is 17.5 Å². The van der Waals surface area contributed by atoms with E-state index in [1.165, 1.54) is 0 Å². The Morgan fingerprint density at radius 2 is 1.97 bits per heavy atom. The van der Waals surface area contributed by atoms with Gasteiger partial charge in [-0.3, -0.25) is 4.79 Å². The smallest absolute Gasteiger partial charge is 0.227 e. The number of benzene rings is 1. The van der Waals surface area contributed by atoms with Crippen LogP contribution in [0.15, 0.2) is 36.7 Å². The molecule has 2 aliphatic heterocycles. The molecule has 1 amide bonds. The van der Waals surface area contributed by atoms with Gasteiger partial charge in [-0.05, 0) is 56.4 Å². The molecule has 1 N–H and O–H groups in total. The zero-order chi connectivity index (χ0) is 22.8. The van der Waals surface area contributed by atoms with Crippen molar-refractivity contribution < 1.29 is 9.53 Å². The first-order valence-corrected chi connectivity index (χ1v) is 11.7. The Hall–Kier alpha value is -3.26. The molecule has 0 radical (unpaired) electrons. The molecule has 8 heteroatoms. The third kappa shape index (κ3) is 4.75. The normalized spacial score (nSPS) is 16.5. The molecule has 0 spiro atoms. The molecule has 2 aromatic heterocycles. The lowest BCUT2D eigenvalue weighted by Crippen LogP contribution is -2.36. The zero-order valence-electron chi connectivity index (χ0n) is 19.3. The number of imidazole rings is 1. The Bertz CT molecular complexity index is 1130. The summed E-state index contributed by atoms with van der Waals surface area (Å²) in [7, 11) is 0. The van der Waals surface area contributed by atoms with E-state index in [1.807, 2.05) is 34.7 Å². The monoisotopic (exact) mass is 446 g/mol. The van der Waals surface area contributed by atoms with Gasteiger partial charge in [0.1, 0.15) is 5.82 Å². The first kappa shape index (κ1) is 21.6. The van der Waals surface area contributed by atoms with E-state index in [2.05, 4.69) is 22.4 Å². The molecule has 1 saturated heterocycles. The minimum absolute atomic E-state index is 0.105. The number of ether oxygens (including phenoxy) is 1. The number of fused-ring (bicyclic) bond motifs is 1. The predicted molar refractivity (Wildman–Crippen MR) is 126 cm³/mol. The maximum atomic E-state index is 12.0. The predicted octanol–water partition coefficient (Wildman–Crippen LogP) is 3.59. The van der Waals surface area contributed by atoms with E-state index in [-0.39, 0.29) is 5.91 Å². The molecule has 1 fully saturated rings. The van der Waals surface area contributed by atoms with E-state index in [9.17, 15) is 4.79 Å². The highest BCUT2D eigenvalue weighted by molar-refractivity contribution is 5.73. The number of carbonyl (C=O) groups is 1. The fraction of sp³-hybridized carbons (Fsp3) is 0.440. The number of aromatic nitrogens is 4. The van der Waals surface area contributed by atoms with Gasteiger partial charge in [-0.1, -0.05) is 0 Å². The molecule has 0 saturated carbocycles. The summed E-state index contributed by atoms with van der Waals surface area (Å²) in [5.41, 5.74) is 5.24. The van der Waals surface area contributed by atoms with Gasteiger partial charge < -0.3 is 19.5 Å². The molecule has 0 unspecified atom stereocenters. The quantitative estimate of drug-likeness (QED) is 0.645. The molecule has 0 atom stereocenters. The standard InChI is InChI=1S/C25H30N6O2/c1-17-26-10-12-31(17)21-5-3-20(4-6-21)27-25-28-23-7-11-30(18(2)32)16-22(23)24(29-25)15-19-8-13-33-14-9-19/h3-6,10,12,19H,7-9,11,13-16H2,1-2H3,(H,27,28,29). The van der Waals surface area contributed by atoms with Crippen molar-refractivity contribution in [2.24, 2.45) is 5.92 Å². The number of amides is 1. The van der Waals surface area contributed by atoms with Crippen LogP contribution in [0.2, 0.25) is 0 Å². The number of nitrogens with zero attached hydrogens (tertiary/aromatic N) is 5. The van der Waals surface area contributed by atoms with Gasteiger partial charge in [0.25, 0.3) is 0 Å². The van der Waals surface area contributed by atoms with Gasteiger partial charge in [-0.15, -0.1) is 0 Å². The lowest BCUT2D eigenvalue weighted by molar-refractivity contribution is -0.129. The minimum atomic E-state index is 0.105. The highest BCUT2D eigenvalue weighted by Crippen LogP contribution is 2.28. The van der Waals surface area contributed by atoms with Crippen molar-refractivity contribution in [3.63, 3.8) is 0 Å². The van der Waals surface area contributed by atoms with Crippen molar-refractivity contribution in [3.8, 4) is 5.69 Å². The number of rotatable bonds is 5. The van der Waals surface area contributed by atoms with E-state index in [0.717, 1.165) is 73.0 Å². The summed E-state index contributed by atoms with van der Waals surface area (Å²) in [6.07, 6.45) is 7.51. The zero-order valence-corrected chi connectivity index (χ0v) is 19.3. The number of nitrogens with one attached hydrogen (secondary N) is 1. The average molecular weight is 447 g/mol. The van der Waals surface area contributed by atoms with Crippen LogP contribution in [-0.4, -0.2) is 50.1 Å². The molecular weight excluding hydrogens is 416 g/mol. The van der Waals surface area contributed by atoms with Gasteiger partial charge in [-0.2, -0.15) is 0 Å². The molecule has 5 rings (SSSR count). The first-order chi connectivity index (χ1) is 16.1. The van der Waals surface area contributed by atoms with Gasteiger partial charge in [0.05, 0.1) is 11.4 Å². The number of hydrogen-bond donors (Lipinski definition) is 1. The van der Waals surface area contributed by atoms with Crippen LogP contribution in [0, 0.1) is 12.8 Å². The van der Waals surface area contributed by atoms with Gasteiger partial charge in [0.15, 0.2) is 0 Å². The summed E-state index contributed by atoms with van der Waals surface area (Å²) in [6, 6.07) is 8.19. The molecule has 172 valence electrons. The van der Waals surface area contributed by atoms with Crippen LogP contribution in [0.1, 0.15) is 42.5 Å². The van der Waals surface area contributed by atoms with Crippen LogP contribution in [0.3, 0.4) is 0 Å². The van der Waals surface area contributed by atoms with E-state index >= 15 is 0 Å². The van der Waals surface area contributed by atoms with E-state index < -0.39 is 0 Å². The van der Waals surface area contributed by atoms with Crippen LogP contribution in [0.5, 0.6) is 0 Å². The summed E-state index contributed by atoms with van der Waals surface area (Å²) in [5.74, 6) is 2.23. The van der Waals surface area contributed by atoms with Crippen LogP contribution >= 0.6 is 0 Å². The van der Waals surface area contributed by atoms with Gasteiger partial charge in [-0.25, -0.2) is 15.0 Å². The second-order valence-electron chi connectivity index (χ2n) is 8.89. The van der Waals surface area contributed by atoms with Crippen molar-refractivity contribution in [2.75, 3.05) is 25.1 Å².